The van der Waals surface area contributed by atoms with Crippen LogP contribution in [0.3, 0.4) is 0 Å². The summed E-state index contributed by atoms with van der Waals surface area (Å²) in [4.78, 5) is 0. The van der Waals surface area contributed by atoms with Gasteiger partial charge < -0.3 is 0 Å². The molecule has 1 aromatic heterocycles. The zero-order chi connectivity index (χ0) is 11.8. The molecule has 2 nitrogen and oxygen atoms in total. The fourth-order valence-corrected chi connectivity index (χ4v) is 2.72. The lowest BCUT2D eigenvalue weighted by Crippen LogP contribution is -2.37. The van der Waals surface area contributed by atoms with E-state index in [1.54, 1.807) is 0 Å². The largest absolute Gasteiger partial charge is 0.256 e. The van der Waals surface area contributed by atoms with Gasteiger partial charge in [0, 0.05) is 6.42 Å². The number of thioether (sulfide) groups is 1. The Labute approximate surface area is 104 Å². The molecular formula is C13H25N2S+. The van der Waals surface area contributed by atoms with Crippen LogP contribution in [0.15, 0.2) is 12.4 Å². The van der Waals surface area contributed by atoms with Crippen molar-refractivity contribution >= 4 is 11.8 Å². The highest BCUT2D eigenvalue weighted by Gasteiger charge is 2.12. The summed E-state index contributed by atoms with van der Waals surface area (Å²) < 4.78 is 4.76. The molecule has 0 radical (unpaired) electrons. The first-order chi connectivity index (χ1) is 7.83. The van der Waals surface area contributed by atoms with Gasteiger partial charge in [-0.3, -0.25) is 0 Å². The van der Waals surface area contributed by atoms with Crippen molar-refractivity contribution in [3.63, 3.8) is 0 Å². The molecule has 1 rings (SSSR count). The molecule has 3 heteroatoms. The summed E-state index contributed by atoms with van der Waals surface area (Å²) in [7, 11) is 0. The van der Waals surface area contributed by atoms with Crippen molar-refractivity contribution in [2.24, 2.45) is 0 Å². The fraction of sp³-hybridized carbons (Fsp3) is 0.769. The number of unbranched alkanes of at least 4 members (excludes halogenated alkanes) is 1. The van der Waals surface area contributed by atoms with Crippen LogP contribution in [0.1, 0.15) is 39.4 Å². The van der Waals surface area contributed by atoms with Crippen LogP contribution in [0.5, 0.6) is 0 Å². The quantitative estimate of drug-likeness (QED) is 0.502. The van der Waals surface area contributed by atoms with Crippen LogP contribution in [0.25, 0.3) is 0 Å². The molecule has 0 atom stereocenters. The lowest BCUT2D eigenvalue weighted by atomic mass is 10.3. The van der Waals surface area contributed by atoms with Crippen molar-refractivity contribution in [3.05, 3.63) is 18.2 Å². The molecule has 92 valence electrons. The Morgan fingerprint density at radius 2 is 2.06 bits per heavy atom. The van der Waals surface area contributed by atoms with Crippen LogP contribution < -0.4 is 4.57 Å². The molecule has 0 aromatic carbocycles. The van der Waals surface area contributed by atoms with Crippen LogP contribution in [0.4, 0.5) is 0 Å². The lowest BCUT2D eigenvalue weighted by molar-refractivity contribution is -0.704. The molecule has 0 spiro atoms. The smallest absolute Gasteiger partial charge is 0.235 e. The van der Waals surface area contributed by atoms with Crippen LogP contribution in [0.2, 0.25) is 0 Å². The average Bonchev–Trinajstić information content (AvgIpc) is 2.71. The standard InChI is InChI=1S/C13H25N2S/c1-4-13-14(5-2)10-11-15(13)9-7-8-12-16-6-3/h10-11H,4-9,12H2,1-3H3/q+1. The minimum absolute atomic E-state index is 1.09. The normalized spacial score (nSPS) is 10.9. The zero-order valence-electron chi connectivity index (χ0n) is 10.9. The molecule has 0 saturated heterocycles. The summed E-state index contributed by atoms with van der Waals surface area (Å²) in [5.74, 6) is 4.03. The van der Waals surface area contributed by atoms with Crippen molar-refractivity contribution in [1.82, 2.24) is 4.57 Å². The van der Waals surface area contributed by atoms with E-state index in [4.69, 9.17) is 0 Å². The number of nitrogens with zero attached hydrogens (tertiary/aromatic N) is 2. The number of aryl methyl sites for hydroxylation is 2. The molecule has 0 bridgehead atoms. The van der Waals surface area contributed by atoms with Gasteiger partial charge in [-0.05, 0) is 31.3 Å². The van der Waals surface area contributed by atoms with E-state index < -0.39 is 0 Å². The van der Waals surface area contributed by atoms with Gasteiger partial charge in [0.25, 0.3) is 5.82 Å². The molecular weight excluding hydrogens is 216 g/mol. The summed E-state index contributed by atoms with van der Waals surface area (Å²) in [6, 6.07) is 0. The van der Waals surface area contributed by atoms with Crippen molar-refractivity contribution in [3.8, 4) is 0 Å². The van der Waals surface area contributed by atoms with E-state index in [0.29, 0.717) is 0 Å². The Morgan fingerprint density at radius 3 is 2.69 bits per heavy atom. The van der Waals surface area contributed by atoms with Gasteiger partial charge in [-0.2, -0.15) is 11.8 Å². The van der Waals surface area contributed by atoms with Gasteiger partial charge in [0.05, 0.1) is 13.1 Å². The second-order valence-electron chi connectivity index (χ2n) is 3.95. The molecule has 1 aromatic rings. The Morgan fingerprint density at radius 1 is 1.25 bits per heavy atom. The van der Waals surface area contributed by atoms with E-state index in [0.717, 1.165) is 13.0 Å². The Kier molecular flexibility index (Phi) is 6.62. The van der Waals surface area contributed by atoms with Gasteiger partial charge in [0.15, 0.2) is 0 Å². The third-order valence-corrected chi connectivity index (χ3v) is 3.87. The maximum atomic E-state index is 2.42. The first-order valence-electron chi connectivity index (χ1n) is 6.48. The molecule has 0 aliphatic rings. The predicted octanol–water partition coefficient (Wildman–Crippen LogP) is 2.89. The summed E-state index contributed by atoms with van der Waals surface area (Å²) in [6.07, 6.45) is 8.21. The number of hydrogen-bond donors (Lipinski definition) is 0. The average molecular weight is 241 g/mol. The van der Waals surface area contributed by atoms with Gasteiger partial charge in [0.1, 0.15) is 12.4 Å². The highest BCUT2D eigenvalue weighted by atomic mass is 32.2. The third kappa shape index (κ3) is 3.85. The lowest BCUT2D eigenvalue weighted by Gasteiger charge is -2.02. The van der Waals surface area contributed by atoms with E-state index in [-0.39, 0.29) is 0 Å². The number of aromatic nitrogens is 2. The summed E-state index contributed by atoms with van der Waals surface area (Å²) >= 11 is 2.05. The van der Waals surface area contributed by atoms with E-state index in [2.05, 4.69) is 42.3 Å². The maximum Gasteiger partial charge on any atom is 0.256 e. The van der Waals surface area contributed by atoms with Gasteiger partial charge in [0.2, 0.25) is 0 Å². The van der Waals surface area contributed by atoms with Crippen molar-refractivity contribution in [2.75, 3.05) is 11.5 Å². The fourth-order valence-electron chi connectivity index (χ4n) is 2.03. The van der Waals surface area contributed by atoms with Gasteiger partial charge in [-0.15, -0.1) is 0 Å². The molecule has 0 amide bonds. The molecule has 0 aliphatic heterocycles. The predicted molar refractivity (Wildman–Crippen MR) is 71.9 cm³/mol. The van der Waals surface area contributed by atoms with Crippen LogP contribution in [-0.2, 0) is 19.5 Å². The van der Waals surface area contributed by atoms with Crippen LogP contribution in [-0.4, -0.2) is 16.1 Å². The third-order valence-electron chi connectivity index (χ3n) is 2.89. The number of imidazole rings is 1. The molecule has 0 fully saturated rings. The Bertz CT molecular complexity index is 294. The Balaban J connectivity index is 2.38. The summed E-state index contributed by atoms with van der Waals surface area (Å²) in [6.45, 7) is 8.95. The van der Waals surface area contributed by atoms with Gasteiger partial charge in [-0.25, -0.2) is 9.13 Å². The Hall–Kier alpha value is -0.440. The SMILES string of the molecule is CCSCCCC[n+]1ccn(CC)c1CC. The number of rotatable bonds is 8. The maximum absolute atomic E-state index is 2.42. The van der Waals surface area contributed by atoms with Gasteiger partial charge >= 0.3 is 0 Å². The molecule has 1 heterocycles. The highest BCUT2D eigenvalue weighted by Crippen LogP contribution is 2.04. The highest BCUT2D eigenvalue weighted by molar-refractivity contribution is 7.99. The van der Waals surface area contributed by atoms with E-state index in [1.165, 1.54) is 36.7 Å². The van der Waals surface area contributed by atoms with E-state index >= 15 is 0 Å². The monoisotopic (exact) mass is 241 g/mol. The van der Waals surface area contributed by atoms with E-state index in [1.807, 2.05) is 11.8 Å². The first-order valence-corrected chi connectivity index (χ1v) is 7.64. The molecule has 16 heavy (non-hydrogen) atoms. The van der Waals surface area contributed by atoms with Gasteiger partial charge in [-0.1, -0.05) is 13.8 Å². The number of hydrogen-bond acceptors (Lipinski definition) is 1. The van der Waals surface area contributed by atoms with Crippen molar-refractivity contribution < 1.29 is 4.57 Å². The van der Waals surface area contributed by atoms with Crippen LogP contribution in [0, 0.1) is 0 Å². The topological polar surface area (TPSA) is 8.81 Å². The minimum Gasteiger partial charge on any atom is -0.235 e. The molecule has 0 aliphatic carbocycles. The van der Waals surface area contributed by atoms with Crippen LogP contribution >= 0.6 is 11.8 Å². The summed E-state index contributed by atoms with van der Waals surface area (Å²) in [5, 5.41) is 0. The molecule has 0 saturated carbocycles. The van der Waals surface area contributed by atoms with Crippen molar-refractivity contribution in [1.29, 1.82) is 0 Å². The molecule has 0 N–H and O–H groups in total. The second-order valence-corrected chi connectivity index (χ2v) is 5.35. The minimum atomic E-state index is 1.09. The van der Waals surface area contributed by atoms with Crippen molar-refractivity contribution in [2.45, 2.75) is 53.1 Å². The first kappa shape index (κ1) is 13.6. The molecule has 0 unspecified atom stereocenters. The zero-order valence-corrected chi connectivity index (χ0v) is 11.7. The summed E-state index contributed by atoms with van der Waals surface area (Å²) in [5.41, 5.74) is 0. The second kappa shape index (κ2) is 7.77. The van der Waals surface area contributed by atoms with E-state index in [9.17, 15) is 0 Å².